The Hall–Kier alpha value is -2.12. The van der Waals surface area contributed by atoms with Crippen LogP contribution in [0, 0.1) is 5.92 Å². The Balaban J connectivity index is 4.02. The van der Waals surface area contributed by atoms with Crippen LogP contribution in [-0.2, 0) is 19.2 Å². The van der Waals surface area contributed by atoms with Gasteiger partial charge < -0.3 is 21.5 Å². The summed E-state index contributed by atoms with van der Waals surface area (Å²) in [6.45, 7) is 3.92. The number of hydrogen-bond acceptors (Lipinski definition) is 4. The van der Waals surface area contributed by atoms with Crippen LogP contribution in [0.25, 0.3) is 0 Å². The van der Waals surface area contributed by atoms with Crippen LogP contribution in [0.1, 0.15) is 104 Å². The highest BCUT2D eigenvalue weighted by molar-refractivity contribution is 5.91. The number of carboxylic acid groups (broad SMARTS) is 1. The van der Waals surface area contributed by atoms with Crippen LogP contribution in [0.15, 0.2) is 0 Å². The molecule has 0 aromatic heterocycles. The highest BCUT2D eigenvalue weighted by atomic mass is 16.4. The van der Waals surface area contributed by atoms with Gasteiger partial charge in [-0.25, -0.2) is 0 Å². The van der Waals surface area contributed by atoms with E-state index in [1.54, 1.807) is 6.92 Å². The molecule has 0 rings (SSSR count). The highest BCUT2D eigenvalue weighted by Gasteiger charge is 2.23. The van der Waals surface area contributed by atoms with Crippen molar-refractivity contribution in [1.82, 2.24) is 10.6 Å². The molecular weight excluding hydrogens is 398 g/mol. The van der Waals surface area contributed by atoms with E-state index in [2.05, 4.69) is 17.6 Å². The topological polar surface area (TPSA) is 139 Å². The molecule has 2 atom stereocenters. The SMILES string of the molecule is CCCCCCCCCCCCCC(=O)N[C@H](CC(N)=O)C(=O)NCC[C@H](C)C(=O)O. The number of carbonyl (C=O) groups excluding carboxylic acids is 3. The van der Waals surface area contributed by atoms with E-state index in [-0.39, 0.29) is 25.3 Å². The number of rotatable bonds is 20. The van der Waals surface area contributed by atoms with E-state index < -0.39 is 29.7 Å². The molecule has 8 heteroatoms. The number of primary amides is 1. The number of carboxylic acids is 1. The second kappa shape index (κ2) is 18.6. The van der Waals surface area contributed by atoms with Gasteiger partial charge in [-0.2, -0.15) is 0 Å². The van der Waals surface area contributed by atoms with Crippen LogP contribution in [0.2, 0.25) is 0 Å². The summed E-state index contributed by atoms with van der Waals surface area (Å²) in [4.78, 5) is 46.4. The zero-order valence-corrected chi connectivity index (χ0v) is 19.4. The van der Waals surface area contributed by atoms with Gasteiger partial charge in [-0.1, -0.05) is 78.1 Å². The van der Waals surface area contributed by atoms with Crippen LogP contribution in [0.5, 0.6) is 0 Å². The van der Waals surface area contributed by atoms with E-state index in [0.717, 1.165) is 19.3 Å². The summed E-state index contributed by atoms with van der Waals surface area (Å²) in [6.07, 6.45) is 13.3. The number of hydrogen-bond donors (Lipinski definition) is 4. The third kappa shape index (κ3) is 17.3. The molecule has 180 valence electrons. The molecule has 0 aliphatic heterocycles. The summed E-state index contributed by atoms with van der Waals surface area (Å²) in [5, 5.41) is 14.0. The first kappa shape index (κ1) is 28.9. The molecule has 3 amide bonds. The minimum Gasteiger partial charge on any atom is -0.481 e. The average Bonchev–Trinajstić information content (AvgIpc) is 2.70. The van der Waals surface area contributed by atoms with E-state index in [1.165, 1.54) is 51.4 Å². The predicted octanol–water partition coefficient (Wildman–Crippen LogP) is 3.27. The van der Waals surface area contributed by atoms with Crippen LogP contribution in [0.3, 0.4) is 0 Å². The minimum atomic E-state index is -1.03. The van der Waals surface area contributed by atoms with Gasteiger partial charge in [0.2, 0.25) is 17.7 Å². The van der Waals surface area contributed by atoms with E-state index in [1.807, 2.05) is 0 Å². The monoisotopic (exact) mass is 441 g/mol. The predicted molar refractivity (Wildman–Crippen MR) is 121 cm³/mol. The fourth-order valence-corrected chi connectivity index (χ4v) is 3.29. The number of nitrogens with one attached hydrogen (secondary N) is 2. The lowest BCUT2D eigenvalue weighted by molar-refractivity contribution is -0.141. The molecule has 0 aliphatic rings. The van der Waals surface area contributed by atoms with Crippen LogP contribution < -0.4 is 16.4 Å². The molecule has 0 saturated heterocycles. The Morgan fingerprint density at radius 3 is 1.87 bits per heavy atom. The fourth-order valence-electron chi connectivity index (χ4n) is 3.29. The van der Waals surface area contributed by atoms with Crippen molar-refractivity contribution in [2.75, 3.05) is 6.54 Å². The summed E-state index contributed by atoms with van der Waals surface area (Å²) in [6, 6.07) is -1.03. The van der Waals surface area contributed by atoms with Gasteiger partial charge in [-0.15, -0.1) is 0 Å². The normalized spacial score (nSPS) is 12.7. The minimum absolute atomic E-state index is 0.149. The Bertz CT molecular complexity index is 539. The van der Waals surface area contributed by atoms with Gasteiger partial charge in [-0.3, -0.25) is 19.2 Å². The smallest absolute Gasteiger partial charge is 0.306 e. The Morgan fingerprint density at radius 2 is 1.39 bits per heavy atom. The summed E-state index contributed by atoms with van der Waals surface area (Å²) >= 11 is 0. The highest BCUT2D eigenvalue weighted by Crippen LogP contribution is 2.12. The Morgan fingerprint density at radius 1 is 0.871 bits per heavy atom. The second-order valence-electron chi connectivity index (χ2n) is 8.40. The van der Waals surface area contributed by atoms with E-state index in [9.17, 15) is 19.2 Å². The van der Waals surface area contributed by atoms with Gasteiger partial charge in [0.1, 0.15) is 6.04 Å². The molecule has 0 saturated carbocycles. The molecule has 0 aromatic carbocycles. The zero-order valence-electron chi connectivity index (χ0n) is 19.4. The third-order valence-corrected chi connectivity index (χ3v) is 5.36. The first-order valence-corrected chi connectivity index (χ1v) is 11.9. The van der Waals surface area contributed by atoms with Gasteiger partial charge >= 0.3 is 5.97 Å². The lowest BCUT2D eigenvalue weighted by atomic mass is 10.0. The number of unbranched alkanes of at least 4 members (excludes halogenated alkanes) is 10. The van der Waals surface area contributed by atoms with Gasteiger partial charge in [0.05, 0.1) is 12.3 Å². The maximum Gasteiger partial charge on any atom is 0.306 e. The number of nitrogens with two attached hydrogens (primary N) is 1. The molecule has 0 bridgehead atoms. The van der Waals surface area contributed by atoms with Gasteiger partial charge in [0, 0.05) is 13.0 Å². The maximum atomic E-state index is 12.2. The largest absolute Gasteiger partial charge is 0.481 e. The summed E-state index contributed by atoms with van der Waals surface area (Å²) < 4.78 is 0. The number of carbonyl (C=O) groups is 4. The molecule has 0 heterocycles. The Kier molecular flexibility index (Phi) is 17.4. The van der Waals surface area contributed by atoms with Crippen LogP contribution in [0.4, 0.5) is 0 Å². The van der Waals surface area contributed by atoms with Crippen molar-refractivity contribution >= 4 is 23.7 Å². The summed E-state index contributed by atoms with van der Waals surface area (Å²) in [5.41, 5.74) is 5.19. The van der Waals surface area contributed by atoms with E-state index in [0.29, 0.717) is 6.42 Å². The lowest BCUT2D eigenvalue weighted by Crippen LogP contribution is -2.48. The zero-order chi connectivity index (χ0) is 23.5. The molecule has 0 fully saturated rings. The van der Waals surface area contributed by atoms with Crippen LogP contribution >= 0.6 is 0 Å². The van der Waals surface area contributed by atoms with Crippen molar-refractivity contribution in [2.45, 2.75) is 110 Å². The lowest BCUT2D eigenvalue weighted by Gasteiger charge is -2.17. The maximum absolute atomic E-state index is 12.2. The average molecular weight is 442 g/mol. The number of aliphatic carboxylic acids is 1. The molecular formula is C23H43N3O5. The molecule has 0 spiro atoms. The molecule has 8 nitrogen and oxygen atoms in total. The number of amides is 3. The first-order chi connectivity index (χ1) is 14.8. The van der Waals surface area contributed by atoms with Crippen molar-refractivity contribution in [3.63, 3.8) is 0 Å². The molecule has 0 aliphatic carbocycles. The molecule has 0 aromatic rings. The molecule has 5 N–H and O–H groups in total. The third-order valence-electron chi connectivity index (χ3n) is 5.36. The standard InChI is InChI=1S/C23H43N3O5/c1-3-4-5-6-7-8-9-10-11-12-13-14-21(28)26-19(17-20(24)27)22(29)25-16-15-18(2)23(30)31/h18-19H,3-17H2,1-2H3,(H2,24,27)(H,25,29)(H,26,28)(H,30,31)/t18-,19+/m0/s1. The van der Waals surface area contributed by atoms with Crippen molar-refractivity contribution < 1.29 is 24.3 Å². The van der Waals surface area contributed by atoms with Crippen LogP contribution in [-0.4, -0.2) is 41.4 Å². The second-order valence-corrected chi connectivity index (χ2v) is 8.40. The summed E-state index contributed by atoms with van der Waals surface area (Å²) in [7, 11) is 0. The van der Waals surface area contributed by atoms with Crippen molar-refractivity contribution in [3.05, 3.63) is 0 Å². The quantitative estimate of drug-likeness (QED) is 0.215. The summed E-state index contributed by atoms with van der Waals surface area (Å²) in [5.74, 6) is -3.03. The van der Waals surface area contributed by atoms with Gasteiger partial charge in [0.25, 0.3) is 0 Å². The molecule has 31 heavy (non-hydrogen) atoms. The fraction of sp³-hybridized carbons (Fsp3) is 0.826. The van der Waals surface area contributed by atoms with Gasteiger partial charge in [0.15, 0.2) is 0 Å². The van der Waals surface area contributed by atoms with Crippen molar-refractivity contribution in [1.29, 1.82) is 0 Å². The Labute approximate surface area is 187 Å². The van der Waals surface area contributed by atoms with Gasteiger partial charge in [-0.05, 0) is 12.8 Å². The van der Waals surface area contributed by atoms with Crippen molar-refractivity contribution in [2.24, 2.45) is 11.7 Å². The first-order valence-electron chi connectivity index (χ1n) is 11.9. The van der Waals surface area contributed by atoms with E-state index >= 15 is 0 Å². The van der Waals surface area contributed by atoms with Crippen molar-refractivity contribution in [3.8, 4) is 0 Å². The molecule has 0 radical (unpaired) electrons. The van der Waals surface area contributed by atoms with E-state index in [4.69, 9.17) is 10.8 Å². The molecule has 0 unspecified atom stereocenters.